The zero-order chi connectivity index (χ0) is 14.4. The molecule has 0 spiro atoms. The summed E-state index contributed by atoms with van der Waals surface area (Å²) >= 11 is 0. The molecule has 1 aromatic carbocycles. The zero-order valence-corrected chi connectivity index (χ0v) is 12.1. The summed E-state index contributed by atoms with van der Waals surface area (Å²) in [4.78, 5) is 14.3. The van der Waals surface area contributed by atoms with E-state index >= 15 is 0 Å². The maximum absolute atomic E-state index is 12.0. The number of likely N-dealkylation sites (tertiary alicyclic amines) is 1. The van der Waals surface area contributed by atoms with Gasteiger partial charge in [-0.15, -0.1) is 0 Å². The number of rotatable bonds is 5. The van der Waals surface area contributed by atoms with E-state index in [1.165, 1.54) is 0 Å². The summed E-state index contributed by atoms with van der Waals surface area (Å²) in [5.74, 6) is 0.276. The number of benzene rings is 1. The van der Waals surface area contributed by atoms with Gasteiger partial charge < -0.3 is 15.3 Å². The molecular weight excluding hydrogens is 252 g/mol. The summed E-state index contributed by atoms with van der Waals surface area (Å²) in [6.07, 6.45) is 1.92. The molecular formula is C16H24N2O2. The highest BCUT2D eigenvalue weighted by Gasteiger charge is 2.23. The molecule has 0 aliphatic carbocycles. The fourth-order valence-electron chi connectivity index (χ4n) is 2.59. The van der Waals surface area contributed by atoms with E-state index in [0.29, 0.717) is 13.0 Å². The van der Waals surface area contributed by atoms with Gasteiger partial charge in [0.2, 0.25) is 5.91 Å². The van der Waals surface area contributed by atoms with Gasteiger partial charge in [-0.3, -0.25) is 4.79 Å². The van der Waals surface area contributed by atoms with Crippen LogP contribution in [0.15, 0.2) is 30.3 Å². The molecule has 0 radical (unpaired) electrons. The third-order valence-corrected chi connectivity index (χ3v) is 3.99. The van der Waals surface area contributed by atoms with Crippen LogP contribution in [0.3, 0.4) is 0 Å². The van der Waals surface area contributed by atoms with Crippen molar-refractivity contribution in [3.05, 3.63) is 35.9 Å². The number of aliphatic hydroxyl groups is 1. The Morgan fingerprint density at radius 3 is 2.65 bits per heavy atom. The molecule has 1 unspecified atom stereocenters. The summed E-state index contributed by atoms with van der Waals surface area (Å²) in [7, 11) is 2.09. The molecule has 1 aliphatic heterocycles. The highest BCUT2D eigenvalue weighted by Crippen LogP contribution is 2.17. The number of nitrogens with one attached hydrogen (secondary N) is 1. The van der Waals surface area contributed by atoms with Gasteiger partial charge in [0.15, 0.2) is 0 Å². The molecule has 1 atom stereocenters. The third kappa shape index (κ3) is 4.32. The topological polar surface area (TPSA) is 52.6 Å². The van der Waals surface area contributed by atoms with Crippen LogP contribution >= 0.6 is 0 Å². The van der Waals surface area contributed by atoms with Gasteiger partial charge >= 0.3 is 0 Å². The Balaban J connectivity index is 1.69. The second-order valence-corrected chi connectivity index (χ2v) is 5.58. The lowest BCUT2D eigenvalue weighted by atomic mass is 9.96. The predicted octanol–water partition coefficient (Wildman–Crippen LogP) is 1.57. The Morgan fingerprint density at radius 1 is 1.35 bits per heavy atom. The average Bonchev–Trinajstić information content (AvgIpc) is 2.48. The average molecular weight is 276 g/mol. The number of piperidine rings is 1. The number of aliphatic hydroxyl groups excluding tert-OH is 1. The number of hydrogen-bond acceptors (Lipinski definition) is 3. The van der Waals surface area contributed by atoms with Gasteiger partial charge in [0.25, 0.3) is 0 Å². The number of carbonyl (C=O) groups excluding carboxylic acids is 1. The fourth-order valence-corrected chi connectivity index (χ4v) is 2.59. The summed E-state index contributed by atoms with van der Waals surface area (Å²) in [6.45, 7) is 2.51. The molecule has 0 aromatic heterocycles. The largest absolute Gasteiger partial charge is 0.388 e. The quantitative estimate of drug-likeness (QED) is 0.858. The van der Waals surface area contributed by atoms with Gasteiger partial charge in [0, 0.05) is 12.5 Å². The lowest BCUT2D eigenvalue weighted by Crippen LogP contribution is -2.39. The van der Waals surface area contributed by atoms with Crippen molar-refractivity contribution >= 4 is 5.91 Å². The van der Waals surface area contributed by atoms with E-state index in [0.717, 1.165) is 31.5 Å². The van der Waals surface area contributed by atoms with E-state index in [-0.39, 0.29) is 11.8 Å². The van der Waals surface area contributed by atoms with Gasteiger partial charge in [0.1, 0.15) is 0 Å². The molecule has 0 bridgehead atoms. The molecule has 2 N–H and O–H groups in total. The first kappa shape index (κ1) is 15.0. The van der Waals surface area contributed by atoms with Gasteiger partial charge in [0.05, 0.1) is 6.10 Å². The molecule has 1 saturated heterocycles. The standard InChI is InChI=1S/C16H24N2O2/c1-18-11-8-14(9-12-18)16(20)17-10-7-15(19)13-5-3-2-4-6-13/h2-6,14-15,19H,7-12H2,1H3,(H,17,20). The zero-order valence-electron chi connectivity index (χ0n) is 12.1. The molecule has 1 aromatic rings. The first-order valence-corrected chi connectivity index (χ1v) is 7.36. The maximum Gasteiger partial charge on any atom is 0.223 e. The first-order valence-electron chi connectivity index (χ1n) is 7.36. The van der Waals surface area contributed by atoms with Crippen molar-refractivity contribution in [3.8, 4) is 0 Å². The lowest BCUT2D eigenvalue weighted by molar-refractivity contribution is -0.126. The summed E-state index contributed by atoms with van der Waals surface area (Å²) < 4.78 is 0. The molecule has 1 heterocycles. The Morgan fingerprint density at radius 2 is 2.00 bits per heavy atom. The minimum absolute atomic E-state index is 0.137. The van der Waals surface area contributed by atoms with Crippen molar-refractivity contribution in [1.82, 2.24) is 10.2 Å². The van der Waals surface area contributed by atoms with Crippen molar-refractivity contribution in [2.75, 3.05) is 26.7 Å². The third-order valence-electron chi connectivity index (χ3n) is 3.99. The van der Waals surface area contributed by atoms with Crippen molar-refractivity contribution in [1.29, 1.82) is 0 Å². The van der Waals surface area contributed by atoms with E-state index < -0.39 is 6.10 Å². The monoisotopic (exact) mass is 276 g/mol. The highest BCUT2D eigenvalue weighted by atomic mass is 16.3. The van der Waals surface area contributed by atoms with Crippen LogP contribution in [0.2, 0.25) is 0 Å². The second-order valence-electron chi connectivity index (χ2n) is 5.58. The fraction of sp³-hybridized carbons (Fsp3) is 0.562. The van der Waals surface area contributed by atoms with Crippen LogP contribution in [0, 0.1) is 5.92 Å². The number of hydrogen-bond donors (Lipinski definition) is 2. The van der Waals surface area contributed by atoms with Crippen LogP contribution in [0.5, 0.6) is 0 Å². The van der Waals surface area contributed by atoms with E-state index in [9.17, 15) is 9.90 Å². The smallest absolute Gasteiger partial charge is 0.223 e. The molecule has 20 heavy (non-hydrogen) atoms. The van der Waals surface area contributed by atoms with Crippen LogP contribution in [-0.4, -0.2) is 42.6 Å². The highest BCUT2D eigenvalue weighted by molar-refractivity contribution is 5.78. The molecule has 1 amide bonds. The Bertz CT molecular complexity index is 414. The van der Waals surface area contributed by atoms with Crippen molar-refractivity contribution in [2.24, 2.45) is 5.92 Å². The molecule has 1 fully saturated rings. The van der Waals surface area contributed by atoms with E-state index in [1.807, 2.05) is 30.3 Å². The summed E-state index contributed by atoms with van der Waals surface area (Å²) in [5, 5.41) is 13.0. The Labute approximate surface area is 120 Å². The Kier molecular flexibility index (Phi) is 5.56. The first-order chi connectivity index (χ1) is 9.66. The lowest BCUT2D eigenvalue weighted by Gasteiger charge is -2.28. The van der Waals surface area contributed by atoms with E-state index in [2.05, 4.69) is 17.3 Å². The van der Waals surface area contributed by atoms with Crippen molar-refractivity contribution < 1.29 is 9.90 Å². The molecule has 110 valence electrons. The minimum atomic E-state index is -0.506. The minimum Gasteiger partial charge on any atom is -0.388 e. The number of amides is 1. The second kappa shape index (κ2) is 7.41. The molecule has 0 saturated carbocycles. The van der Waals surface area contributed by atoms with Gasteiger partial charge in [-0.05, 0) is 45.0 Å². The van der Waals surface area contributed by atoms with E-state index in [1.54, 1.807) is 0 Å². The normalized spacial score (nSPS) is 18.7. The van der Waals surface area contributed by atoms with Crippen LogP contribution in [0.25, 0.3) is 0 Å². The molecule has 1 aliphatic rings. The van der Waals surface area contributed by atoms with Crippen LogP contribution in [0.1, 0.15) is 30.9 Å². The van der Waals surface area contributed by atoms with Crippen LogP contribution in [-0.2, 0) is 4.79 Å². The Hall–Kier alpha value is -1.39. The van der Waals surface area contributed by atoms with Crippen LogP contribution < -0.4 is 5.32 Å². The number of nitrogens with zero attached hydrogens (tertiary/aromatic N) is 1. The predicted molar refractivity (Wildman–Crippen MR) is 79.2 cm³/mol. The van der Waals surface area contributed by atoms with Gasteiger partial charge in [-0.1, -0.05) is 30.3 Å². The van der Waals surface area contributed by atoms with Crippen LogP contribution in [0.4, 0.5) is 0 Å². The molecule has 4 nitrogen and oxygen atoms in total. The molecule has 2 rings (SSSR count). The van der Waals surface area contributed by atoms with Crippen molar-refractivity contribution in [3.63, 3.8) is 0 Å². The number of carbonyl (C=O) groups is 1. The van der Waals surface area contributed by atoms with Crippen molar-refractivity contribution in [2.45, 2.75) is 25.4 Å². The van der Waals surface area contributed by atoms with Gasteiger partial charge in [-0.2, -0.15) is 0 Å². The maximum atomic E-state index is 12.0. The summed E-state index contributed by atoms with van der Waals surface area (Å²) in [5.41, 5.74) is 0.904. The van der Waals surface area contributed by atoms with E-state index in [4.69, 9.17) is 0 Å². The summed E-state index contributed by atoms with van der Waals surface area (Å²) in [6, 6.07) is 9.57. The molecule has 4 heteroatoms. The van der Waals surface area contributed by atoms with Gasteiger partial charge in [-0.25, -0.2) is 0 Å². The SMILES string of the molecule is CN1CCC(C(=O)NCCC(O)c2ccccc2)CC1.